The molecule has 0 aliphatic carbocycles. The zero-order chi connectivity index (χ0) is 15.5. The van der Waals surface area contributed by atoms with Crippen LogP contribution in [0.4, 0.5) is 22.0 Å². The number of halogens is 5. The average molecular weight is 307 g/mol. The molecule has 0 radical (unpaired) electrons. The third kappa shape index (κ3) is 4.70. The van der Waals surface area contributed by atoms with Gasteiger partial charge in [0.15, 0.2) is 0 Å². The van der Waals surface area contributed by atoms with Gasteiger partial charge in [0.1, 0.15) is 17.7 Å². The van der Waals surface area contributed by atoms with E-state index in [1.807, 2.05) is 0 Å². The van der Waals surface area contributed by atoms with Crippen LogP contribution in [-0.2, 0) is 4.74 Å². The molecule has 0 saturated heterocycles. The zero-order valence-electron chi connectivity index (χ0n) is 11.0. The molecule has 1 aliphatic rings. The zero-order valence-corrected chi connectivity index (χ0v) is 11.0. The highest BCUT2D eigenvalue weighted by molar-refractivity contribution is 5.65. The molecular weight excluding hydrogens is 293 g/mol. The number of hydrogen-bond acceptors (Lipinski definition) is 2. The molecule has 1 N–H and O–H groups in total. The Morgan fingerprint density at radius 2 is 2.00 bits per heavy atom. The van der Waals surface area contributed by atoms with Crippen LogP contribution in [0.25, 0.3) is 5.57 Å². The third-order valence-corrected chi connectivity index (χ3v) is 3.11. The monoisotopic (exact) mass is 307 g/mol. The van der Waals surface area contributed by atoms with Crippen molar-refractivity contribution in [1.29, 1.82) is 0 Å². The van der Waals surface area contributed by atoms with Gasteiger partial charge in [0, 0.05) is 18.2 Å². The van der Waals surface area contributed by atoms with Gasteiger partial charge in [-0.1, -0.05) is 0 Å². The Morgan fingerprint density at radius 1 is 1.24 bits per heavy atom. The molecule has 1 heterocycles. The Balaban J connectivity index is 1.90. The second kappa shape index (κ2) is 6.43. The lowest BCUT2D eigenvalue weighted by Gasteiger charge is -2.24. The fourth-order valence-corrected chi connectivity index (χ4v) is 2.09. The summed E-state index contributed by atoms with van der Waals surface area (Å²) in [6.07, 6.45) is -2.39. The summed E-state index contributed by atoms with van der Waals surface area (Å²) in [5.41, 5.74) is 0.817. The van der Waals surface area contributed by atoms with E-state index in [-0.39, 0.29) is 18.2 Å². The van der Waals surface area contributed by atoms with Crippen molar-refractivity contribution in [3.05, 3.63) is 41.7 Å². The summed E-state index contributed by atoms with van der Waals surface area (Å²) in [7, 11) is 0. The number of alkyl halides is 3. The van der Waals surface area contributed by atoms with Crippen LogP contribution < -0.4 is 5.32 Å². The molecule has 0 bridgehead atoms. The highest BCUT2D eigenvalue weighted by Crippen LogP contribution is 2.28. The van der Waals surface area contributed by atoms with Gasteiger partial charge in [-0.2, -0.15) is 13.2 Å². The van der Waals surface area contributed by atoms with Gasteiger partial charge in [-0.05, 0) is 30.5 Å². The Kier molecular flexibility index (Phi) is 4.82. The van der Waals surface area contributed by atoms with Crippen LogP contribution in [0.3, 0.4) is 0 Å². The Morgan fingerprint density at radius 3 is 2.57 bits per heavy atom. The highest BCUT2D eigenvalue weighted by Gasteiger charge is 2.27. The first kappa shape index (κ1) is 15.8. The SMILES string of the molecule is Fc1ccc(C2=COC(CNCC(F)(F)F)CC2)c(F)c1. The predicted molar refractivity (Wildman–Crippen MR) is 67.4 cm³/mol. The van der Waals surface area contributed by atoms with Gasteiger partial charge in [0.25, 0.3) is 0 Å². The molecule has 0 amide bonds. The van der Waals surface area contributed by atoms with Crippen LogP contribution >= 0.6 is 0 Å². The quantitative estimate of drug-likeness (QED) is 0.858. The third-order valence-electron chi connectivity index (χ3n) is 3.11. The summed E-state index contributed by atoms with van der Waals surface area (Å²) in [5, 5.41) is 2.27. The van der Waals surface area contributed by atoms with Gasteiger partial charge in [0.2, 0.25) is 0 Å². The first-order valence-corrected chi connectivity index (χ1v) is 6.42. The standard InChI is InChI=1S/C14H14F5NO/c15-10-2-4-12(13(16)5-10)9-1-3-11(21-7-9)6-20-8-14(17,18)19/h2,4-5,7,11,20H,1,3,6,8H2. The smallest absolute Gasteiger partial charge is 0.401 e. The lowest BCUT2D eigenvalue weighted by atomic mass is 9.98. The van der Waals surface area contributed by atoms with E-state index in [1.54, 1.807) is 0 Å². The maximum atomic E-state index is 13.6. The Bertz CT molecular complexity index is 527. The first-order valence-electron chi connectivity index (χ1n) is 6.42. The van der Waals surface area contributed by atoms with Crippen LogP contribution in [0, 0.1) is 11.6 Å². The van der Waals surface area contributed by atoms with Crippen LogP contribution in [0.5, 0.6) is 0 Å². The van der Waals surface area contributed by atoms with E-state index in [0.717, 1.165) is 12.1 Å². The molecule has 1 atom stereocenters. The molecule has 21 heavy (non-hydrogen) atoms. The van der Waals surface area contributed by atoms with Crippen LogP contribution in [0.15, 0.2) is 24.5 Å². The molecular formula is C14H14F5NO. The fraction of sp³-hybridized carbons (Fsp3) is 0.429. The number of ether oxygens (including phenoxy) is 1. The molecule has 1 aromatic carbocycles. The number of hydrogen-bond donors (Lipinski definition) is 1. The van der Waals surface area contributed by atoms with Gasteiger partial charge in [-0.15, -0.1) is 0 Å². The van der Waals surface area contributed by atoms with Gasteiger partial charge in [-0.3, -0.25) is 0 Å². The van der Waals surface area contributed by atoms with Gasteiger partial charge in [-0.25, -0.2) is 8.78 Å². The molecule has 7 heteroatoms. The lowest BCUT2D eigenvalue weighted by molar-refractivity contribution is -0.125. The average Bonchev–Trinajstić information content (AvgIpc) is 2.38. The van der Waals surface area contributed by atoms with Crippen LogP contribution in [0.1, 0.15) is 18.4 Å². The summed E-state index contributed by atoms with van der Waals surface area (Å²) >= 11 is 0. The second-order valence-electron chi connectivity index (χ2n) is 4.81. The topological polar surface area (TPSA) is 21.3 Å². The van der Waals surface area contributed by atoms with Crippen LogP contribution in [-0.4, -0.2) is 25.4 Å². The normalized spacial score (nSPS) is 19.1. The van der Waals surface area contributed by atoms with Gasteiger partial charge in [0.05, 0.1) is 12.8 Å². The highest BCUT2D eigenvalue weighted by atomic mass is 19.4. The van der Waals surface area contributed by atoms with E-state index in [0.29, 0.717) is 18.4 Å². The molecule has 0 spiro atoms. The van der Waals surface area contributed by atoms with Crippen molar-refractivity contribution in [1.82, 2.24) is 5.32 Å². The summed E-state index contributed by atoms with van der Waals surface area (Å²) in [5.74, 6) is -1.35. The number of benzene rings is 1. The molecule has 2 nitrogen and oxygen atoms in total. The van der Waals surface area contributed by atoms with E-state index in [9.17, 15) is 22.0 Å². The summed E-state index contributed by atoms with van der Waals surface area (Å²) in [4.78, 5) is 0. The Labute approximate surface area is 118 Å². The molecule has 116 valence electrons. The van der Waals surface area contributed by atoms with Crippen molar-refractivity contribution in [3.8, 4) is 0 Å². The van der Waals surface area contributed by atoms with E-state index >= 15 is 0 Å². The molecule has 2 rings (SSSR count). The van der Waals surface area contributed by atoms with Crippen molar-refractivity contribution >= 4 is 5.57 Å². The fourth-order valence-electron chi connectivity index (χ4n) is 2.09. The lowest BCUT2D eigenvalue weighted by Crippen LogP contribution is -2.36. The van der Waals surface area contributed by atoms with Gasteiger partial charge < -0.3 is 10.1 Å². The minimum Gasteiger partial charge on any atom is -0.496 e. The van der Waals surface area contributed by atoms with Crippen molar-refractivity contribution in [3.63, 3.8) is 0 Å². The minimum absolute atomic E-state index is 0.0647. The van der Waals surface area contributed by atoms with Crippen molar-refractivity contribution in [2.45, 2.75) is 25.1 Å². The predicted octanol–water partition coefficient (Wildman–Crippen LogP) is 3.64. The maximum Gasteiger partial charge on any atom is 0.401 e. The number of nitrogens with one attached hydrogen (secondary N) is 1. The molecule has 1 aromatic rings. The van der Waals surface area contributed by atoms with Gasteiger partial charge >= 0.3 is 6.18 Å². The molecule has 0 fully saturated rings. The first-order chi connectivity index (χ1) is 9.85. The van der Waals surface area contributed by atoms with E-state index in [2.05, 4.69) is 5.32 Å². The molecule has 0 aromatic heterocycles. The Hall–Kier alpha value is -1.63. The summed E-state index contributed by atoms with van der Waals surface area (Å²) in [6.45, 7) is -1.01. The van der Waals surface area contributed by atoms with E-state index < -0.39 is 24.4 Å². The molecule has 0 saturated carbocycles. The number of allylic oxidation sites excluding steroid dienone is 1. The minimum atomic E-state index is -4.26. The van der Waals surface area contributed by atoms with Crippen LogP contribution in [0.2, 0.25) is 0 Å². The molecule has 1 unspecified atom stereocenters. The number of rotatable bonds is 4. The maximum absolute atomic E-state index is 13.6. The molecule has 1 aliphatic heterocycles. The van der Waals surface area contributed by atoms with Crippen molar-refractivity contribution < 1.29 is 26.7 Å². The van der Waals surface area contributed by atoms with Crippen molar-refractivity contribution in [2.75, 3.05) is 13.1 Å². The van der Waals surface area contributed by atoms with E-state index in [1.165, 1.54) is 12.3 Å². The second-order valence-corrected chi connectivity index (χ2v) is 4.81. The largest absolute Gasteiger partial charge is 0.496 e. The summed E-state index contributed by atoms with van der Waals surface area (Å²) < 4.78 is 67.7. The van der Waals surface area contributed by atoms with E-state index in [4.69, 9.17) is 4.74 Å². The summed E-state index contributed by atoms with van der Waals surface area (Å²) in [6, 6.07) is 3.26. The van der Waals surface area contributed by atoms with Crippen molar-refractivity contribution in [2.24, 2.45) is 0 Å².